The Balaban J connectivity index is 4.86. The summed E-state index contributed by atoms with van der Waals surface area (Å²) in [7, 11) is 0. The van der Waals surface area contributed by atoms with Gasteiger partial charge in [0.2, 0.25) is 0 Å². The van der Waals surface area contributed by atoms with Crippen molar-refractivity contribution in [2.24, 2.45) is 0 Å². The first-order valence-corrected chi connectivity index (χ1v) is 3.42. The second-order valence-electron chi connectivity index (χ2n) is 2.33. The molecule has 0 amide bonds. The summed E-state index contributed by atoms with van der Waals surface area (Å²) in [6.07, 6.45) is -7.57. The first-order valence-electron chi connectivity index (χ1n) is 3.92. The Morgan fingerprint density at radius 1 is 1.54 bits per heavy atom. The maximum atomic E-state index is 12.4. The van der Waals surface area contributed by atoms with E-state index in [1.807, 2.05) is 0 Å². The van der Waals surface area contributed by atoms with Gasteiger partial charge in [0.05, 0.1) is 14.3 Å². The maximum absolute atomic E-state index is 12.4. The van der Waals surface area contributed by atoms with Crippen molar-refractivity contribution in [2.75, 3.05) is 6.61 Å². The Hall–Kier alpha value is -0.820. The van der Waals surface area contributed by atoms with Gasteiger partial charge in [-0.2, -0.15) is 0 Å². The van der Waals surface area contributed by atoms with E-state index < -0.39 is 36.8 Å². The van der Waals surface area contributed by atoms with Crippen LogP contribution in [0.3, 0.4) is 0 Å². The molecule has 0 aromatic rings. The lowest BCUT2D eigenvalue weighted by Gasteiger charge is -2.19. The molecular formula is C7H11FO5. The molecule has 0 unspecified atom stereocenters. The van der Waals surface area contributed by atoms with Crippen LogP contribution in [0.4, 0.5) is 4.39 Å². The highest BCUT2D eigenvalue weighted by Gasteiger charge is 2.25. The third kappa shape index (κ3) is 3.19. The fourth-order valence-electron chi connectivity index (χ4n) is 0.667. The number of carbonyl (C=O) groups excluding carboxylic acids is 1. The van der Waals surface area contributed by atoms with Gasteiger partial charge >= 0.3 is 0 Å². The molecule has 0 rings (SSSR count). The van der Waals surface area contributed by atoms with Crippen LogP contribution in [0.2, 0.25) is 0 Å². The number of rotatable bonds is 5. The van der Waals surface area contributed by atoms with E-state index in [1.54, 1.807) is 0 Å². The summed E-state index contributed by atoms with van der Waals surface area (Å²) in [5, 5.41) is 35.2. The number of aldehydes is 1. The summed E-state index contributed by atoms with van der Waals surface area (Å²) in [6.45, 7) is -0.885. The zero-order valence-corrected chi connectivity index (χ0v) is 6.59. The summed E-state index contributed by atoms with van der Waals surface area (Å²) >= 11 is 0. The second kappa shape index (κ2) is 5.76. The minimum Gasteiger partial charge on any atom is -0.394 e. The van der Waals surface area contributed by atoms with Gasteiger partial charge in [-0.1, -0.05) is 0 Å². The highest BCUT2D eigenvalue weighted by Crippen LogP contribution is 2.11. The van der Waals surface area contributed by atoms with Crippen molar-refractivity contribution in [2.45, 2.75) is 18.3 Å². The highest BCUT2D eigenvalue weighted by molar-refractivity contribution is 5.61. The van der Waals surface area contributed by atoms with Gasteiger partial charge in [0, 0.05) is 5.57 Å². The Kier molecular flexibility index (Phi) is 4.55. The quantitative estimate of drug-likeness (QED) is 0.385. The molecule has 5 nitrogen and oxygen atoms in total. The van der Waals surface area contributed by atoms with Gasteiger partial charge in [0.25, 0.3) is 0 Å². The monoisotopic (exact) mass is 195 g/mol. The van der Waals surface area contributed by atoms with E-state index in [9.17, 15) is 9.18 Å². The lowest BCUT2D eigenvalue weighted by molar-refractivity contribution is -0.114. The van der Waals surface area contributed by atoms with E-state index in [4.69, 9.17) is 21.8 Å². The summed E-state index contributed by atoms with van der Waals surface area (Å²) < 4.78 is 18.9. The Labute approximate surface area is 75.1 Å². The lowest BCUT2D eigenvalue weighted by Crippen LogP contribution is -2.35. The smallest absolute Gasteiger partial charge is 0.152 e. The standard InChI is InChI=1S/C7H11FO5/c8-1-4(5(11)2-9)7(13)6(12)3-10/h1-2,5-7,10-13H,3H2/b4-1-/t5-,6+,7-/m0/s1/i1D. The number of hydrogen-bond donors (Lipinski definition) is 4. The Morgan fingerprint density at radius 3 is 2.38 bits per heavy atom. The highest BCUT2D eigenvalue weighted by atomic mass is 19.1. The van der Waals surface area contributed by atoms with Crippen molar-refractivity contribution in [1.82, 2.24) is 0 Å². The molecule has 0 aromatic carbocycles. The van der Waals surface area contributed by atoms with Gasteiger partial charge in [-0.25, -0.2) is 4.39 Å². The zero-order chi connectivity index (χ0) is 11.3. The molecule has 4 N–H and O–H groups in total. The second-order valence-corrected chi connectivity index (χ2v) is 2.33. The molecule has 76 valence electrons. The van der Waals surface area contributed by atoms with Gasteiger partial charge < -0.3 is 25.2 Å². The van der Waals surface area contributed by atoms with Crippen LogP contribution in [0.1, 0.15) is 1.37 Å². The largest absolute Gasteiger partial charge is 0.394 e. The van der Waals surface area contributed by atoms with Crippen molar-refractivity contribution in [3.05, 3.63) is 11.9 Å². The lowest BCUT2D eigenvalue weighted by atomic mass is 10.0. The Morgan fingerprint density at radius 2 is 2.08 bits per heavy atom. The average Bonchev–Trinajstić information content (AvgIpc) is 2.15. The first-order chi connectivity index (χ1) is 6.45. The van der Waals surface area contributed by atoms with Crippen molar-refractivity contribution in [3.63, 3.8) is 0 Å². The molecule has 0 fully saturated rings. The fourth-order valence-corrected chi connectivity index (χ4v) is 0.667. The summed E-state index contributed by atoms with van der Waals surface area (Å²) in [5.74, 6) is 0. The summed E-state index contributed by atoms with van der Waals surface area (Å²) in [6, 6.07) is 0. The normalized spacial score (nSPS) is 21.2. The van der Waals surface area contributed by atoms with Gasteiger partial charge in [-0.05, 0) is 0 Å². The third-order valence-electron chi connectivity index (χ3n) is 1.43. The summed E-state index contributed by atoms with van der Waals surface area (Å²) in [4.78, 5) is 10.1. The topological polar surface area (TPSA) is 98.0 Å². The molecule has 0 aromatic heterocycles. The van der Waals surface area contributed by atoms with Crippen molar-refractivity contribution < 1.29 is 31.0 Å². The van der Waals surface area contributed by atoms with E-state index in [-0.39, 0.29) is 6.29 Å². The van der Waals surface area contributed by atoms with Crippen molar-refractivity contribution >= 4 is 6.29 Å². The molecule has 0 spiro atoms. The number of aliphatic hydroxyl groups is 4. The molecule has 13 heavy (non-hydrogen) atoms. The third-order valence-corrected chi connectivity index (χ3v) is 1.43. The number of aliphatic hydroxyl groups excluding tert-OH is 4. The minimum atomic E-state index is -2.01. The van der Waals surface area contributed by atoms with Crippen LogP contribution in [0, 0.1) is 0 Å². The summed E-state index contributed by atoms with van der Waals surface area (Å²) in [5.41, 5.74) is -0.971. The fraction of sp³-hybridized carbons (Fsp3) is 0.571. The van der Waals surface area contributed by atoms with Crippen molar-refractivity contribution in [1.29, 1.82) is 0 Å². The van der Waals surface area contributed by atoms with Crippen LogP contribution < -0.4 is 0 Å². The van der Waals surface area contributed by atoms with Crippen LogP contribution in [0.25, 0.3) is 0 Å². The van der Waals surface area contributed by atoms with Gasteiger partial charge in [-0.15, -0.1) is 0 Å². The van der Waals surface area contributed by atoms with Gasteiger partial charge in [0.1, 0.15) is 18.3 Å². The predicted octanol–water partition coefficient (Wildman–Crippen LogP) is -1.89. The zero-order valence-electron chi connectivity index (χ0n) is 7.59. The van der Waals surface area contributed by atoms with Crippen molar-refractivity contribution in [3.8, 4) is 0 Å². The van der Waals surface area contributed by atoms with Crippen LogP contribution in [0.5, 0.6) is 0 Å². The van der Waals surface area contributed by atoms with E-state index in [0.717, 1.165) is 0 Å². The maximum Gasteiger partial charge on any atom is 0.152 e. The number of halogens is 1. The molecule has 0 saturated heterocycles. The van der Waals surface area contributed by atoms with E-state index >= 15 is 0 Å². The van der Waals surface area contributed by atoms with E-state index in [0.29, 0.717) is 0 Å². The van der Waals surface area contributed by atoms with Crippen LogP contribution in [-0.4, -0.2) is 51.6 Å². The minimum absolute atomic E-state index is 0.100. The van der Waals surface area contributed by atoms with E-state index in [2.05, 4.69) is 0 Å². The first kappa shape index (κ1) is 10.3. The molecule has 0 aliphatic rings. The van der Waals surface area contributed by atoms with Crippen LogP contribution in [0.15, 0.2) is 11.9 Å². The molecule has 0 aliphatic carbocycles. The van der Waals surface area contributed by atoms with E-state index in [1.165, 1.54) is 0 Å². The SMILES string of the molecule is [2H]/C(F)=C(\[C@@H](O)C=O)[C@H](O)[C@H](O)CO. The molecular weight excluding hydrogens is 183 g/mol. The Bertz CT molecular complexity index is 228. The molecule has 0 radical (unpaired) electrons. The number of hydrogen-bond acceptors (Lipinski definition) is 5. The van der Waals surface area contributed by atoms with Gasteiger partial charge in [0.15, 0.2) is 6.29 Å². The predicted molar refractivity (Wildman–Crippen MR) is 40.4 cm³/mol. The molecule has 6 heteroatoms. The van der Waals surface area contributed by atoms with Crippen LogP contribution >= 0.6 is 0 Å². The molecule has 0 aliphatic heterocycles. The molecule has 0 saturated carbocycles. The molecule has 0 bridgehead atoms. The van der Waals surface area contributed by atoms with Gasteiger partial charge in [-0.3, -0.25) is 0 Å². The average molecular weight is 195 g/mol. The molecule has 0 heterocycles. The van der Waals surface area contributed by atoms with Crippen LogP contribution in [-0.2, 0) is 4.79 Å². The number of carbonyl (C=O) groups is 1. The molecule has 3 atom stereocenters.